The molecule has 6 heteroatoms. The lowest BCUT2D eigenvalue weighted by Gasteiger charge is -2.41. The molecule has 1 aliphatic carbocycles. The molecule has 4 atom stereocenters. The average Bonchev–Trinajstić information content (AvgIpc) is 2.46. The van der Waals surface area contributed by atoms with E-state index in [1.165, 1.54) is 14.0 Å². The number of hydrogen-bond donors (Lipinski definition) is 0. The molecule has 0 spiro atoms. The molecule has 0 saturated carbocycles. The molecule has 0 aromatic heterocycles. The van der Waals surface area contributed by atoms with Crippen LogP contribution in [0.4, 0.5) is 0 Å². The summed E-state index contributed by atoms with van der Waals surface area (Å²) in [5, 5.41) is 0. The molecule has 0 aromatic carbocycles. The molecule has 1 saturated heterocycles. The first-order chi connectivity index (χ1) is 8.78. The molecular formula is C13H16O6. The second-order valence-corrected chi connectivity index (χ2v) is 5.14. The van der Waals surface area contributed by atoms with E-state index in [1.54, 1.807) is 26.0 Å². The molecule has 2 aliphatic rings. The Morgan fingerprint density at radius 1 is 1.32 bits per heavy atom. The molecule has 0 N–H and O–H groups in total. The van der Waals surface area contributed by atoms with E-state index in [9.17, 15) is 14.4 Å². The first-order valence-corrected chi connectivity index (χ1v) is 5.93. The molecule has 6 nitrogen and oxygen atoms in total. The smallest absolute Gasteiger partial charge is 0.317 e. The van der Waals surface area contributed by atoms with E-state index >= 15 is 0 Å². The third-order valence-corrected chi connectivity index (χ3v) is 4.24. The van der Waals surface area contributed by atoms with Crippen molar-refractivity contribution in [1.82, 2.24) is 0 Å². The summed E-state index contributed by atoms with van der Waals surface area (Å²) in [6.07, 6.45) is 1.60. The SMILES string of the molecule is COC(=O)[C@@]1(C)[C@@H]2C=C[C@H](OC(C)=O)[C@@]1(C)C(=O)O2. The standard InChI is InChI=1S/C13H16O6/c1-7(14)18-8-5-6-9-12(2,10(15)17-4)13(8,3)11(16)19-9/h5-6,8-9H,1-4H3/t8-,9-,12+,13-/m0/s1. The summed E-state index contributed by atoms with van der Waals surface area (Å²) in [5.41, 5.74) is -2.50. The Hall–Kier alpha value is -1.85. The van der Waals surface area contributed by atoms with Gasteiger partial charge in [0.15, 0.2) is 0 Å². The summed E-state index contributed by atoms with van der Waals surface area (Å²) < 4.78 is 15.2. The normalized spacial score (nSPS) is 39.7. The molecule has 0 radical (unpaired) electrons. The van der Waals surface area contributed by atoms with Crippen LogP contribution in [0.1, 0.15) is 20.8 Å². The van der Waals surface area contributed by atoms with Crippen LogP contribution in [0.25, 0.3) is 0 Å². The van der Waals surface area contributed by atoms with Gasteiger partial charge < -0.3 is 14.2 Å². The molecule has 0 amide bonds. The van der Waals surface area contributed by atoms with Gasteiger partial charge in [-0.25, -0.2) is 0 Å². The van der Waals surface area contributed by atoms with Crippen LogP contribution in [-0.4, -0.2) is 37.2 Å². The van der Waals surface area contributed by atoms with Gasteiger partial charge in [0.2, 0.25) is 0 Å². The van der Waals surface area contributed by atoms with Crippen molar-refractivity contribution in [3.63, 3.8) is 0 Å². The van der Waals surface area contributed by atoms with E-state index in [1.807, 2.05) is 0 Å². The molecule has 0 aromatic rings. The zero-order valence-corrected chi connectivity index (χ0v) is 11.3. The Morgan fingerprint density at radius 3 is 2.47 bits per heavy atom. The van der Waals surface area contributed by atoms with E-state index in [4.69, 9.17) is 14.2 Å². The van der Waals surface area contributed by atoms with Gasteiger partial charge in [-0.1, -0.05) is 0 Å². The van der Waals surface area contributed by atoms with Crippen LogP contribution in [-0.2, 0) is 28.6 Å². The van der Waals surface area contributed by atoms with Gasteiger partial charge in [-0.3, -0.25) is 14.4 Å². The Morgan fingerprint density at radius 2 is 1.95 bits per heavy atom. The van der Waals surface area contributed by atoms with Crippen LogP contribution >= 0.6 is 0 Å². The highest BCUT2D eigenvalue weighted by Crippen LogP contribution is 2.56. The van der Waals surface area contributed by atoms with Crippen molar-refractivity contribution in [2.75, 3.05) is 7.11 Å². The predicted octanol–water partition coefficient (Wildman–Crippen LogP) is 0.599. The molecule has 104 valence electrons. The van der Waals surface area contributed by atoms with Crippen LogP contribution < -0.4 is 0 Å². The van der Waals surface area contributed by atoms with Crippen LogP contribution in [0, 0.1) is 10.8 Å². The number of esters is 3. The van der Waals surface area contributed by atoms with Gasteiger partial charge in [-0.15, -0.1) is 0 Å². The van der Waals surface area contributed by atoms with Gasteiger partial charge >= 0.3 is 17.9 Å². The van der Waals surface area contributed by atoms with Gasteiger partial charge in [0.05, 0.1) is 7.11 Å². The molecule has 1 heterocycles. The highest BCUT2D eigenvalue weighted by molar-refractivity contribution is 5.93. The number of hydrogen-bond acceptors (Lipinski definition) is 6. The lowest BCUT2D eigenvalue weighted by Crippen LogP contribution is -2.56. The minimum atomic E-state index is -1.29. The minimum Gasteiger partial charge on any atom is -0.468 e. The Balaban J connectivity index is 2.53. The zero-order valence-electron chi connectivity index (χ0n) is 11.3. The Kier molecular flexibility index (Phi) is 2.91. The number of methoxy groups -OCH3 is 1. The maximum Gasteiger partial charge on any atom is 0.317 e. The zero-order chi connectivity index (χ0) is 14.4. The Labute approximate surface area is 110 Å². The summed E-state index contributed by atoms with van der Waals surface area (Å²) in [6.45, 7) is 4.40. The third-order valence-electron chi connectivity index (χ3n) is 4.24. The third kappa shape index (κ3) is 1.52. The van der Waals surface area contributed by atoms with Crippen molar-refractivity contribution in [2.24, 2.45) is 10.8 Å². The first kappa shape index (κ1) is 13.6. The fourth-order valence-corrected chi connectivity index (χ4v) is 2.78. The van der Waals surface area contributed by atoms with Crippen molar-refractivity contribution in [3.8, 4) is 0 Å². The van der Waals surface area contributed by atoms with Crippen LogP contribution in [0.5, 0.6) is 0 Å². The van der Waals surface area contributed by atoms with Crippen molar-refractivity contribution in [2.45, 2.75) is 33.0 Å². The summed E-state index contributed by atoms with van der Waals surface area (Å²) in [6, 6.07) is 0. The molecule has 0 unspecified atom stereocenters. The van der Waals surface area contributed by atoms with Crippen LogP contribution in [0.2, 0.25) is 0 Å². The van der Waals surface area contributed by atoms with Crippen molar-refractivity contribution < 1.29 is 28.6 Å². The topological polar surface area (TPSA) is 78.9 Å². The minimum absolute atomic E-state index is 0.527. The number of fused-ring (bicyclic) bond motifs is 2. The van der Waals surface area contributed by atoms with E-state index < -0.39 is 40.9 Å². The van der Waals surface area contributed by atoms with E-state index in [0.717, 1.165) is 0 Å². The summed E-state index contributed by atoms with van der Waals surface area (Å²) in [5.74, 6) is -1.66. The molecular weight excluding hydrogens is 252 g/mol. The van der Waals surface area contributed by atoms with Gasteiger partial charge in [-0.2, -0.15) is 0 Å². The molecule has 1 fully saturated rings. The fraction of sp³-hybridized carbons (Fsp3) is 0.615. The highest BCUT2D eigenvalue weighted by atomic mass is 16.6. The first-order valence-electron chi connectivity index (χ1n) is 5.93. The number of ether oxygens (including phenoxy) is 3. The van der Waals surface area contributed by atoms with Crippen LogP contribution in [0.15, 0.2) is 12.2 Å². The van der Waals surface area contributed by atoms with E-state index in [-0.39, 0.29) is 0 Å². The molecule has 2 rings (SSSR count). The van der Waals surface area contributed by atoms with Gasteiger partial charge in [0.25, 0.3) is 0 Å². The maximum absolute atomic E-state index is 12.1. The van der Waals surface area contributed by atoms with Crippen molar-refractivity contribution >= 4 is 17.9 Å². The van der Waals surface area contributed by atoms with E-state index in [0.29, 0.717) is 0 Å². The summed E-state index contributed by atoms with van der Waals surface area (Å²) >= 11 is 0. The summed E-state index contributed by atoms with van der Waals surface area (Å²) in [7, 11) is 1.25. The Bertz CT molecular complexity index is 482. The largest absolute Gasteiger partial charge is 0.468 e. The van der Waals surface area contributed by atoms with Gasteiger partial charge in [-0.05, 0) is 26.0 Å². The van der Waals surface area contributed by atoms with Gasteiger partial charge in [0, 0.05) is 6.92 Å². The van der Waals surface area contributed by atoms with E-state index in [2.05, 4.69) is 0 Å². The quantitative estimate of drug-likeness (QED) is 0.414. The molecule has 19 heavy (non-hydrogen) atoms. The highest BCUT2D eigenvalue weighted by Gasteiger charge is 2.72. The fourth-order valence-electron chi connectivity index (χ4n) is 2.78. The van der Waals surface area contributed by atoms with Gasteiger partial charge in [0.1, 0.15) is 23.0 Å². The predicted molar refractivity (Wildman–Crippen MR) is 62.8 cm³/mol. The number of carbonyl (C=O) groups is 3. The number of rotatable bonds is 2. The molecule has 1 aliphatic heterocycles. The van der Waals surface area contributed by atoms with Crippen molar-refractivity contribution in [1.29, 1.82) is 0 Å². The van der Waals surface area contributed by atoms with Crippen LogP contribution in [0.3, 0.4) is 0 Å². The lowest BCUT2D eigenvalue weighted by atomic mass is 9.59. The average molecular weight is 268 g/mol. The summed E-state index contributed by atoms with van der Waals surface area (Å²) in [4.78, 5) is 35.4. The van der Waals surface area contributed by atoms with Crippen molar-refractivity contribution in [3.05, 3.63) is 12.2 Å². The second-order valence-electron chi connectivity index (χ2n) is 5.14. The lowest BCUT2D eigenvalue weighted by molar-refractivity contribution is -0.174. The monoisotopic (exact) mass is 268 g/mol. The second kappa shape index (κ2) is 4.08. The molecule has 2 bridgehead atoms. The number of carbonyl (C=O) groups excluding carboxylic acids is 3. The maximum atomic E-state index is 12.1.